The zero-order valence-electron chi connectivity index (χ0n) is 13.3. The molecule has 0 amide bonds. The van der Waals surface area contributed by atoms with Gasteiger partial charge in [0, 0.05) is 22.7 Å². The molecule has 0 heterocycles. The van der Waals surface area contributed by atoms with Gasteiger partial charge >= 0.3 is 0 Å². The molecule has 2 aliphatic carbocycles. The van der Waals surface area contributed by atoms with Crippen molar-refractivity contribution in [3.8, 4) is 0 Å². The minimum Gasteiger partial charge on any atom is -0.264 e. The summed E-state index contributed by atoms with van der Waals surface area (Å²) in [5.74, 6) is -0.256. The van der Waals surface area contributed by atoms with Crippen molar-refractivity contribution in [2.24, 2.45) is 0 Å². The largest absolute Gasteiger partial charge is 0.264 e. The summed E-state index contributed by atoms with van der Waals surface area (Å²) in [6.07, 6.45) is 9.96. The van der Waals surface area contributed by atoms with Crippen molar-refractivity contribution in [1.82, 2.24) is 0 Å². The monoisotopic (exact) mass is 328 g/mol. The molecular weight excluding hydrogens is 308 g/mol. The third-order valence-electron chi connectivity index (χ3n) is 5.13. The molecule has 0 fully saturated rings. The lowest BCUT2D eigenvalue weighted by Gasteiger charge is -2.25. The van der Waals surface area contributed by atoms with Crippen LogP contribution in [-0.2, 0) is 0 Å². The zero-order chi connectivity index (χ0) is 17.1. The van der Waals surface area contributed by atoms with Crippen molar-refractivity contribution in [1.29, 1.82) is 0 Å². The molecule has 0 radical (unpaired) electrons. The van der Waals surface area contributed by atoms with Gasteiger partial charge < -0.3 is 0 Å². The first kappa shape index (κ1) is 16.4. The molecule has 0 unspecified atom stereocenters. The Morgan fingerprint density at radius 2 is 1.00 bits per heavy atom. The molecule has 0 spiro atoms. The van der Waals surface area contributed by atoms with Crippen molar-refractivity contribution in [3.63, 3.8) is 0 Å². The second-order valence-corrected chi connectivity index (χ2v) is 6.47. The standard InChI is InChI=1S/C18H20N2O4/c21-19(22)17-7-3-1-5-15(17)13-9-11-14(12-10-13)16-6-2-4-8-18(16)20(23)24/h1-4,9-12,15-18H,5-8H2/t15-,16+,17-,18+. The minimum atomic E-state index is -0.593. The van der Waals surface area contributed by atoms with Crippen molar-refractivity contribution in [2.45, 2.75) is 49.6 Å². The van der Waals surface area contributed by atoms with Gasteiger partial charge in [-0.15, -0.1) is 0 Å². The van der Waals surface area contributed by atoms with E-state index in [0.29, 0.717) is 25.7 Å². The van der Waals surface area contributed by atoms with Crippen LogP contribution in [0.25, 0.3) is 0 Å². The van der Waals surface area contributed by atoms with Crippen LogP contribution in [0.2, 0.25) is 0 Å². The molecule has 0 saturated carbocycles. The Morgan fingerprint density at radius 3 is 1.33 bits per heavy atom. The smallest absolute Gasteiger partial charge is 0.223 e. The molecule has 1 aromatic rings. The van der Waals surface area contributed by atoms with Crippen LogP contribution in [0.1, 0.15) is 48.6 Å². The van der Waals surface area contributed by atoms with Crippen molar-refractivity contribution in [3.05, 3.63) is 79.9 Å². The molecule has 3 rings (SSSR count). The summed E-state index contributed by atoms with van der Waals surface area (Å²) in [6, 6.07) is 6.45. The van der Waals surface area contributed by atoms with Gasteiger partial charge in [0.2, 0.25) is 12.1 Å². The van der Waals surface area contributed by atoms with E-state index in [1.165, 1.54) is 0 Å². The predicted octanol–water partition coefficient (Wildman–Crippen LogP) is 3.84. The van der Waals surface area contributed by atoms with E-state index in [9.17, 15) is 20.2 Å². The summed E-state index contributed by atoms with van der Waals surface area (Å²) in [5, 5.41) is 22.5. The van der Waals surface area contributed by atoms with Crippen LogP contribution in [0.5, 0.6) is 0 Å². The maximum atomic E-state index is 11.3. The third-order valence-corrected chi connectivity index (χ3v) is 5.13. The predicted molar refractivity (Wildman–Crippen MR) is 90.2 cm³/mol. The summed E-state index contributed by atoms with van der Waals surface area (Å²) >= 11 is 0. The van der Waals surface area contributed by atoms with Gasteiger partial charge in [-0.2, -0.15) is 0 Å². The first-order chi connectivity index (χ1) is 11.6. The van der Waals surface area contributed by atoms with Gasteiger partial charge in [0.1, 0.15) is 0 Å². The Morgan fingerprint density at radius 1 is 0.667 bits per heavy atom. The number of allylic oxidation sites excluding steroid dienone is 2. The fourth-order valence-electron chi connectivity index (χ4n) is 3.77. The van der Waals surface area contributed by atoms with Gasteiger partial charge in [0.25, 0.3) is 0 Å². The second-order valence-electron chi connectivity index (χ2n) is 6.47. The van der Waals surface area contributed by atoms with Crippen LogP contribution >= 0.6 is 0 Å². The molecule has 2 aliphatic rings. The number of nitrogens with zero attached hydrogens (tertiary/aromatic N) is 2. The van der Waals surface area contributed by atoms with Gasteiger partial charge in [0.05, 0.1) is 11.8 Å². The fraction of sp³-hybridized carbons (Fsp3) is 0.444. The molecule has 0 saturated heterocycles. The average molecular weight is 328 g/mol. The lowest BCUT2D eigenvalue weighted by molar-refractivity contribution is -0.526. The van der Waals surface area contributed by atoms with E-state index < -0.39 is 12.1 Å². The average Bonchev–Trinajstić information content (AvgIpc) is 2.62. The molecule has 6 nitrogen and oxygen atoms in total. The fourth-order valence-corrected chi connectivity index (χ4v) is 3.77. The van der Waals surface area contributed by atoms with Crippen LogP contribution in [-0.4, -0.2) is 21.9 Å². The highest BCUT2D eigenvalue weighted by molar-refractivity contribution is 5.31. The number of benzene rings is 1. The van der Waals surface area contributed by atoms with Gasteiger partial charge in [0.15, 0.2) is 0 Å². The molecule has 0 bridgehead atoms. The van der Waals surface area contributed by atoms with Crippen LogP contribution in [0, 0.1) is 20.2 Å². The normalized spacial score (nSPS) is 29.3. The highest BCUT2D eigenvalue weighted by atomic mass is 16.6. The highest BCUT2D eigenvalue weighted by Crippen LogP contribution is 2.35. The summed E-state index contributed by atoms with van der Waals surface area (Å²) in [7, 11) is 0. The van der Waals surface area contributed by atoms with E-state index in [1.807, 2.05) is 48.6 Å². The van der Waals surface area contributed by atoms with Crippen LogP contribution in [0.15, 0.2) is 48.6 Å². The summed E-state index contributed by atoms with van der Waals surface area (Å²) in [5.41, 5.74) is 1.88. The molecule has 0 aliphatic heterocycles. The molecule has 126 valence electrons. The third kappa shape index (κ3) is 3.22. The van der Waals surface area contributed by atoms with E-state index >= 15 is 0 Å². The molecule has 24 heavy (non-hydrogen) atoms. The molecule has 4 atom stereocenters. The summed E-state index contributed by atoms with van der Waals surface area (Å²) < 4.78 is 0. The number of rotatable bonds is 4. The minimum absolute atomic E-state index is 0.128. The van der Waals surface area contributed by atoms with Gasteiger partial charge in [-0.25, -0.2) is 0 Å². The van der Waals surface area contributed by atoms with Crippen LogP contribution < -0.4 is 0 Å². The van der Waals surface area contributed by atoms with Crippen molar-refractivity contribution < 1.29 is 9.85 Å². The lowest BCUT2D eigenvalue weighted by Crippen LogP contribution is -2.29. The molecule has 0 N–H and O–H groups in total. The Bertz CT molecular complexity index is 622. The van der Waals surface area contributed by atoms with E-state index in [4.69, 9.17) is 0 Å². The van der Waals surface area contributed by atoms with Gasteiger partial charge in [-0.1, -0.05) is 48.6 Å². The Labute approximate surface area is 140 Å². The number of hydrogen-bond donors (Lipinski definition) is 0. The SMILES string of the molecule is O=[N+]([O-])[C@@H]1CC=CC[C@@H]1c1ccc([C@@H]2CC=CC[C@@H]2[N+](=O)[O-])cc1. The quantitative estimate of drug-likeness (QED) is 0.477. The van der Waals surface area contributed by atoms with Gasteiger partial charge in [-0.05, 0) is 24.0 Å². The van der Waals surface area contributed by atoms with E-state index in [0.717, 1.165) is 11.1 Å². The van der Waals surface area contributed by atoms with Crippen molar-refractivity contribution >= 4 is 0 Å². The van der Waals surface area contributed by atoms with Crippen LogP contribution in [0.4, 0.5) is 0 Å². The molecule has 0 aromatic heterocycles. The zero-order valence-corrected chi connectivity index (χ0v) is 13.3. The second kappa shape index (κ2) is 6.95. The van der Waals surface area contributed by atoms with E-state index in [2.05, 4.69) is 0 Å². The van der Waals surface area contributed by atoms with Crippen molar-refractivity contribution in [2.75, 3.05) is 0 Å². The Hall–Kier alpha value is -2.50. The lowest BCUT2D eigenvalue weighted by atomic mass is 9.80. The maximum Gasteiger partial charge on any atom is 0.223 e. The molecular formula is C18H20N2O4. The Kier molecular flexibility index (Phi) is 4.74. The first-order valence-corrected chi connectivity index (χ1v) is 8.24. The maximum absolute atomic E-state index is 11.3. The topological polar surface area (TPSA) is 86.3 Å². The summed E-state index contributed by atoms with van der Waals surface area (Å²) in [4.78, 5) is 22.1. The Balaban J connectivity index is 1.82. The van der Waals surface area contributed by atoms with Crippen LogP contribution in [0.3, 0.4) is 0 Å². The molecule has 1 aromatic carbocycles. The van der Waals surface area contributed by atoms with E-state index in [-0.39, 0.29) is 21.7 Å². The molecule has 6 heteroatoms. The summed E-state index contributed by atoms with van der Waals surface area (Å²) in [6.45, 7) is 0. The number of hydrogen-bond acceptors (Lipinski definition) is 4. The number of nitro groups is 2. The van der Waals surface area contributed by atoms with Gasteiger partial charge in [-0.3, -0.25) is 20.2 Å². The first-order valence-electron chi connectivity index (χ1n) is 8.24. The highest BCUT2D eigenvalue weighted by Gasteiger charge is 2.35. The van der Waals surface area contributed by atoms with E-state index in [1.54, 1.807) is 0 Å².